The summed E-state index contributed by atoms with van der Waals surface area (Å²) >= 11 is 0. The van der Waals surface area contributed by atoms with Gasteiger partial charge in [-0.3, -0.25) is 9.47 Å². The molecule has 0 amide bonds. The second kappa shape index (κ2) is 6.28. The van der Waals surface area contributed by atoms with Crippen molar-refractivity contribution in [2.45, 2.75) is 25.2 Å². The number of hydrogen-bond acceptors (Lipinski definition) is 3. The summed E-state index contributed by atoms with van der Waals surface area (Å²) in [6.45, 7) is 1.99. The zero-order chi connectivity index (χ0) is 18.3. The Morgan fingerprint density at radius 3 is 2.69 bits per heavy atom. The van der Waals surface area contributed by atoms with Crippen LogP contribution in [-0.4, -0.2) is 32.5 Å². The molecule has 0 unspecified atom stereocenters. The molecule has 1 aromatic carbocycles. The average molecular weight is 362 g/mol. The summed E-state index contributed by atoms with van der Waals surface area (Å²) in [5.74, 6) is 0. The van der Waals surface area contributed by atoms with Crippen LogP contribution in [0.3, 0.4) is 0 Å². The van der Waals surface area contributed by atoms with Gasteiger partial charge < -0.3 is 4.98 Å². The van der Waals surface area contributed by atoms with E-state index in [1.807, 2.05) is 6.07 Å². The molecule has 136 valence electrons. The summed E-state index contributed by atoms with van der Waals surface area (Å²) in [5.41, 5.74) is 1.35. The van der Waals surface area contributed by atoms with Crippen LogP contribution in [0.5, 0.6) is 0 Å². The number of fused-ring (bicyclic) bond motifs is 1. The zero-order valence-electron chi connectivity index (χ0n) is 13.8. The highest BCUT2D eigenvalue weighted by molar-refractivity contribution is 5.70. The molecule has 1 aliphatic heterocycles. The molecule has 3 aromatic rings. The Hall–Kier alpha value is -2.61. The minimum Gasteiger partial charge on any atom is -0.304 e. The summed E-state index contributed by atoms with van der Waals surface area (Å²) in [7, 11) is 0. The predicted molar refractivity (Wildman–Crippen MR) is 90.7 cm³/mol. The van der Waals surface area contributed by atoms with Gasteiger partial charge in [0.25, 0.3) is 0 Å². The molecule has 0 bridgehead atoms. The molecular formula is C18H17F3N4O. The lowest BCUT2D eigenvalue weighted by atomic mass is 10.1. The van der Waals surface area contributed by atoms with Gasteiger partial charge in [-0.25, -0.2) is 9.78 Å². The van der Waals surface area contributed by atoms with Gasteiger partial charge in [-0.15, -0.1) is 0 Å². The lowest BCUT2D eigenvalue weighted by molar-refractivity contribution is -0.137. The highest BCUT2D eigenvalue weighted by Crippen LogP contribution is 2.30. The first kappa shape index (κ1) is 16.8. The van der Waals surface area contributed by atoms with Gasteiger partial charge in [-0.1, -0.05) is 12.1 Å². The lowest BCUT2D eigenvalue weighted by Crippen LogP contribution is -2.26. The van der Waals surface area contributed by atoms with E-state index < -0.39 is 11.7 Å². The Balaban J connectivity index is 1.49. The first-order valence-corrected chi connectivity index (χ1v) is 8.35. The number of aromatic nitrogens is 3. The number of imidazole rings is 1. The number of nitrogens with zero attached hydrogens (tertiary/aromatic N) is 3. The van der Waals surface area contributed by atoms with Crippen LogP contribution in [0, 0.1) is 0 Å². The Bertz CT molecular complexity index is 975. The molecule has 2 aromatic heterocycles. The summed E-state index contributed by atoms with van der Waals surface area (Å²) in [6.07, 6.45) is -1.87. The van der Waals surface area contributed by atoms with E-state index in [1.165, 1.54) is 12.1 Å². The SMILES string of the molecule is O=c1[nH]c2cccnc2n1[C@@H]1CCN(Cc2ccc(C(F)(F)F)cc2)C1. The van der Waals surface area contributed by atoms with Gasteiger partial charge in [0.15, 0.2) is 5.65 Å². The van der Waals surface area contributed by atoms with E-state index in [2.05, 4.69) is 14.9 Å². The molecule has 0 radical (unpaired) electrons. The molecule has 4 rings (SSSR count). The van der Waals surface area contributed by atoms with Gasteiger partial charge in [-0.2, -0.15) is 13.2 Å². The summed E-state index contributed by atoms with van der Waals surface area (Å²) in [4.78, 5) is 21.5. The van der Waals surface area contributed by atoms with Crippen molar-refractivity contribution < 1.29 is 13.2 Å². The molecule has 26 heavy (non-hydrogen) atoms. The zero-order valence-corrected chi connectivity index (χ0v) is 13.8. The van der Waals surface area contributed by atoms with Crippen molar-refractivity contribution in [2.75, 3.05) is 13.1 Å². The van der Waals surface area contributed by atoms with Gasteiger partial charge in [0, 0.05) is 25.8 Å². The lowest BCUT2D eigenvalue weighted by Gasteiger charge is -2.17. The molecule has 1 aliphatic rings. The number of benzene rings is 1. The fraction of sp³-hybridized carbons (Fsp3) is 0.333. The second-order valence-electron chi connectivity index (χ2n) is 6.55. The minimum absolute atomic E-state index is 0.000554. The summed E-state index contributed by atoms with van der Waals surface area (Å²) in [6, 6.07) is 8.82. The van der Waals surface area contributed by atoms with Gasteiger partial charge >= 0.3 is 11.9 Å². The number of halogens is 3. The number of nitrogens with one attached hydrogen (secondary N) is 1. The Labute approximate surface area is 147 Å². The van der Waals surface area contributed by atoms with Gasteiger partial charge in [0.05, 0.1) is 17.1 Å². The van der Waals surface area contributed by atoms with Crippen molar-refractivity contribution in [3.63, 3.8) is 0 Å². The maximum Gasteiger partial charge on any atom is 0.416 e. The van der Waals surface area contributed by atoms with Crippen molar-refractivity contribution in [1.29, 1.82) is 0 Å². The van der Waals surface area contributed by atoms with Gasteiger partial charge in [0.2, 0.25) is 0 Å². The van der Waals surface area contributed by atoms with Crippen LogP contribution in [-0.2, 0) is 12.7 Å². The second-order valence-corrected chi connectivity index (χ2v) is 6.55. The fourth-order valence-electron chi connectivity index (χ4n) is 3.52. The molecule has 1 fully saturated rings. The van der Waals surface area contributed by atoms with Gasteiger partial charge in [-0.05, 0) is 36.2 Å². The molecule has 0 spiro atoms. The van der Waals surface area contributed by atoms with Crippen molar-refractivity contribution in [2.24, 2.45) is 0 Å². The van der Waals surface area contributed by atoms with E-state index in [4.69, 9.17) is 0 Å². The van der Waals surface area contributed by atoms with E-state index in [0.29, 0.717) is 24.3 Å². The largest absolute Gasteiger partial charge is 0.416 e. The number of rotatable bonds is 3. The van der Waals surface area contributed by atoms with Crippen molar-refractivity contribution in [3.8, 4) is 0 Å². The Kier molecular flexibility index (Phi) is 4.07. The third kappa shape index (κ3) is 3.12. The molecule has 8 heteroatoms. The van der Waals surface area contributed by atoms with Crippen LogP contribution < -0.4 is 5.69 Å². The quantitative estimate of drug-likeness (QED) is 0.779. The molecule has 0 aliphatic carbocycles. The molecule has 1 atom stereocenters. The molecule has 1 N–H and O–H groups in total. The van der Waals surface area contributed by atoms with Crippen molar-refractivity contribution in [1.82, 2.24) is 19.4 Å². The van der Waals surface area contributed by atoms with E-state index in [1.54, 1.807) is 16.8 Å². The third-order valence-corrected chi connectivity index (χ3v) is 4.78. The number of aromatic amines is 1. The van der Waals surface area contributed by atoms with Crippen molar-refractivity contribution >= 4 is 11.2 Å². The van der Waals surface area contributed by atoms with E-state index >= 15 is 0 Å². The molecule has 1 saturated heterocycles. The highest BCUT2D eigenvalue weighted by Gasteiger charge is 2.30. The van der Waals surface area contributed by atoms with E-state index in [-0.39, 0.29) is 11.7 Å². The van der Waals surface area contributed by atoms with Crippen LogP contribution in [0.4, 0.5) is 13.2 Å². The number of alkyl halides is 3. The van der Waals surface area contributed by atoms with Crippen LogP contribution in [0.2, 0.25) is 0 Å². The molecule has 3 heterocycles. The fourth-order valence-corrected chi connectivity index (χ4v) is 3.52. The topological polar surface area (TPSA) is 53.9 Å². The third-order valence-electron chi connectivity index (χ3n) is 4.78. The van der Waals surface area contributed by atoms with Crippen LogP contribution in [0.25, 0.3) is 11.2 Å². The first-order chi connectivity index (χ1) is 12.4. The van der Waals surface area contributed by atoms with Crippen LogP contribution in [0.1, 0.15) is 23.6 Å². The van der Waals surface area contributed by atoms with Crippen LogP contribution in [0.15, 0.2) is 47.4 Å². The van der Waals surface area contributed by atoms with Gasteiger partial charge in [0.1, 0.15) is 0 Å². The predicted octanol–water partition coefficient (Wildman–Crippen LogP) is 3.19. The summed E-state index contributed by atoms with van der Waals surface area (Å²) in [5, 5.41) is 0. The summed E-state index contributed by atoms with van der Waals surface area (Å²) < 4.78 is 39.6. The maximum absolute atomic E-state index is 12.6. The van der Waals surface area contributed by atoms with E-state index in [0.717, 1.165) is 30.7 Å². The number of likely N-dealkylation sites (tertiary alicyclic amines) is 1. The standard InChI is InChI=1S/C18H17F3N4O/c19-18(20,21)13-5-3-12(4-6-13)10-24-9-7-14(11-24)25-16-15(23-17(25)26)2-1-8-22-16/h1-6,8,14H,7,9-11H2,(H,23,26)/t14-/m1/s1. The highest BCUT2D eigenvalue weighted by atomic mass is 19.4. The number of H-pyrrole nitrogens is 1. The monoisotopic (exact) mass is 362 g/mol. The average Bonchev–Trinajstić information content (AvgIpc) is 3.17. The first-order valence-electron chi connectivity index (χ1n) is 8.35. The Morgan fingerprint density at radius 1 is 1.19 bits per heavy atom. The molecular weight excluding hydrogens is 345 g/mol. The number of pyridine rings is 1. The normalized spacial score (nSPS) is 18.7. The van der Waals surface area contributed by atoms with E-state index in [9.17, 15) is 18.0 Å². The van der Waals surface area contributed by atoms with Crippen LogP contribution >= 0.6 is 0 Å². The molecule has 0 saturated carbocycles. The molecule has 5 nitrogen and oxygen atoms in total. The smallest absolute Gasteiger partial charge is 0.304 e. The maximum atomic E-state index is 12.6. The number of hydrogen-bond donors (Lipinski definition) is 1. The Morgan fingerprint density at radius 2 is 1.96 bits per heavy atom. The van der Waals surface area contributed by atoms with Crippen molar-refractivity contribution in [3.05, 3.63) is 64.2 Å². The minimum atomic E-state index is -4.32.